The zero-order valence-corrected chi connectivity index (χ0v) is 14.7. The molecule has 0 bridgehead atoms. The Bertz CT molecular complexity index is 662. The number of aryl methyl sites for hydroxylation is 1. The van der Waals surface area contributed by atoms with Crippen LogP contribution in [0.1, 0.15) is 41.6 Å². The first-order valence-electron chi connectivity index (χ1n) is 8.48. The van der Waals surface area contributed by atoms with Gasteiger partial charge in [0.15, 0.2) is 0 Å². The quantitative estimate of drug-likeness (QED) is 0.909. The maximum absolute atomic E-state index is 13.1. The van der Waals surface area contributed by atoms with E-state index in [-0.39, 0.29) is 18.4 Å². The van der Waals surface area contributed by atoms with Crippen LogP contribution in [0.2, 0.25) is 5.02 Å². The number of hydrogen-bond donors (Lipinski definition) is 1. The molecule has 1 atom stereocenters. The normalized spacial score (nSPS) is 24.0. The SMILES string of the molecule is Cc1cc(Cl)ccc1C(=O)N1CCCC12CCCN(CCO)C2=O. The van der Waals surface area contributed by atoms with Gasteiger partial charge in [-0.15, -0.1) is 0 Å². The van der Waals surface area contributed by atoms with Crippen molar-refractivity contribution in [2.45, 2.75) is 38.1 Å². The van der Waals surface area contributed by atoms with Crippen LogP contribution in [-0.2, 0) is 4.79 Å². The fourth-order valence-electron chi connectivity index (χ4n) is 4.07. The van der Waals surface area contributed by atoms with Gasteiger partial charge in [-0.05, 0) is 56.4 Å². The number of carbonyl (C=O) groups excluding carboxylic acids is 2. The Hall–Kier alpha value is -1.59. The van der Waals surface area contributed by atoms with E-state index in [0.717, 1.165) is 18.4 Å². The van der Waals surface area contributed by atoms with Gasteiger partial charge in [0.25, 0.3) is 5.91 Å². The average Bonchev–Trinajstić information content (AvgIpc) is 2.96. The van der Waals surface area contributed by atoms with Crippen molar-refractivity contribution >= 4 is 23.4 Å². The van der Waals surface area contributed by atoms with Crippen molar-refractivity contribution in [3.63, 3.8) is 0 Å². The molecule has 5 nitrogen and oxygen atoms in total. The highest BCUT2D eigenvalue weighted by atomic mass is 35.5. The number of aliphatic hydroxyl groups excluding tert-OH is 1. The van der Waals surface area contributed by atoms with Crippen LogP contribution in [0, 0.1) is 6.92 Å². The maximum atomic E-state index is 13.1. The number of benzene rings is 1. The van der Waals surface area contributed by atoms with E-state index >= 15 is 0 Å². The fraction of sp³-hybridized carbons (Fsp3) is 0.556. The van der Waals surface area contributed by atoms with E-state index < -0.39 is 5.54 Å². The largest absolute Gasteiger partial charge is 0.395 e. The van der Waals surface area contributed by atoms with Gasteiger partial charge in [-0.2, -0.15) is 0 Å². The van der Waals surface area contributed by atoms with Crippen LogP contribution in [0.3, 0.4) is 0 Å². The first kappa shape index (κ1) is 17.2. The number of aliphatic hydroxyl groups is 1. The van der Waals surface area contributed by atoms with Crippen LogP contribution in [0.4, 0.5) is 0 Å². The number of halogens is 1. The molecule has 1 N–H and O–H groups in total. The smallest absolute Gasteiger partial charge is 0.255 e. The summed E-state index contributed by atoms with van der Waals surface area (Å²) in [7, 11) is 0. The Morgan fingerprint density at radius 2 is 2.00 bits per heavy atom. The first-order chi connectivity index (χ1) is 11.5. The number of hydrogen-bond acceptors (Lipinski definition) is 3. The Balaban J connectivity index is 1.92. The minimum atomic E-state index is -0.740. The lowest BCUT2D eigenvalue weighted by molar-refractivity contribution is -0.146. The number of amides is 2. The van der Waals surface area contributed by atoms with Gasteiger partial charge in [-0.25, -0.2) is 0 Å². The maximum Gasteiger partial charge on any atom is 0.255 e. The minimum Gasteiger partial charge on any atom is -0.395 e. The summed E-state index contributed by atoms with van der Waals surface area (Å²) in [6.07, 6.45) is 3.09. The molecule has 0 radical (unpaired) electrons. The van der Waals surface area contributed by atoms with E-state index in [1.54, 1.807) is 28.0 Å². The second-order valence-corrected chi connectivity index (χ2v) is 7.11. The van der Waals surface area contributed by atoms with Gasteiger partial charge in [0, 0.05) is 30.2 Å². The third-order valence-corrected chi connectivity index (χ3v) is 5.46. The number of rotatable bonds is 3. The number of carbonyl (C=O) groups is 2. The van der Waals surface area contributed by atoms with E-state index in [1.165, 1.54) is 0 Å². The zero-order chi connectivity index (χ0) is 17.3. The topological polar surface area (TPSA) is 60.9 Å². The highest BCUT2D eigenvalue weighted by molar-refractivity contribution is 6.30. The van der Waals surface area contributed by atoms with Crippen LogP contribution >= 0.6 is 11.6 Å². The highest BCUT2D eigenvalue weighted by Gasteiger charge is 2.52. The molecule has 1 aromatic carbocycles. The van der Waals surface area contributed by atoms with Crippen LogP contribution in [0.15, 0.2) is 18.2 Å². The molecule has 1 aromatic rings. The van der Waals surface area contributed by atoms with Gasteiger partial charge in [0.05, 0.1) is 6.61 Å². The summed E-state index contributed by atoms with van der Waals surface area (Å²) >= 11 is 5.99. The van der Waals surface area contributed by atoms with Gasteiger partial charge in [-0.3, -0.25) is 9.59 Å². The molecule has 1 unspecified atom stereocenters. The summed E-state index contributed by atoms with van der Waals surface area (Å²) in [5, 5.41) is 9.80. The number of likely N-dealkylation sites (tertiary alicyclic amines) is 2. The molecule has 130 valence electrons. The summed E-state index contributed by atoms with van der Waals surface area (Å²) in [5.74, 6) is -0.110. The van der Waals surface area contributed by atoms with Crippen molar-refractivity contribution < 1.29 is 14.7 Å². The summed E-state index contributed by atoms with van der Waals surface area (Å²) in [5.41, 5.74) is 0.689. The van der Waals surface area contributed by atoms with Crippen molar-refractivity contribution in [2.75, 3.05) is 26.2 Å². The van der Waals surface area contributed by atoms with Crippen LogP contribution in [0.25, 0.3) is 0 Å². The minimum absolute atomic E-state index is 0.0136. The lowest BCUT2D eigenvalue weighted by atomic mass is 9.85. The van der Waals surface area contributed by atoms with Gasteiger partial charge < -0.3 is 14.9 Å². The monoisotopic (exact) mass is 350 g/mol. The molecule has 2 fully saturated rings. The summed E-state index contributed by atoms with van der Waals surface area (Å²) in [6.45, 7) is 3.40. The number of β-amino-alcohol motifs (C(OH)–C–C–N with tert-alkyl or cyclic N) is 1. The summed E-state index contributed by atoms with van der Waals surface area (Å²) in [4.78, 5) is 29.6. The second-order valence-electron chi connectivity index (χ2n) is 6.67. The van der Waals surface area contributed by atoms with E-state index in [9.17, 15) is 14.7 Å². The predicted octanol–water partition coefficient (Wildman–Crippen LogP) is 2.24. The molecule has 1 spiro atoms. The van der Waals surface area contributed by atoms with Gasteiger partial charge in [0.2, 0.25) is 5.91 Å². The molecule has 0 saturated carbocycles. The van der Waals surface area contributed by atoms with Crippen molar-refractivity contribution in [3.05, 3.63) is 34.3 Å². The highest BCUT2D eigenvalue weighted by Crippen LogP contribution is 2.39. The van der Waals surface area contributed by atoms with Crippen molar-refractivity contribution in [1.29, 1.82) is 0 Å². The van der Waals surface area contributed by atoms with Gasteiger partial charge in [0.1, 0.15) is 5.54 Å². The Labute approximate surface area is 147 Å². The molecule has 2 saturated heterocycles. The van der Waals surface area contributed by atoms with Crippen molar-refractivity contribution in [1.82, 2.24) is 9.80 Å². The van der Waals surface area contributed by atoms with Crippen LogP contribution < -0.4 is 0 Å². The molecule has 2 amide bonds. The van der Waals surface area contributed by atoms with E-state index in [0.29, 0.717) is 43.1 Å². The number of nitrogens with zero attached hydrogens (tertiary/aromatic N) is 2. The Kier molecular flexibility index (Phi) is 4.83. The average molecular weight is 351 g/mol. The van der Waals surface area contributed by atoms with Crippen molar-refractivity contribution in [3.8, 4) is 0 Å². The lowest BCUT2D eigenvalue weighted by Crippen LogP contribution is -2.61. The molecule has 3 rings (SSSR count). The Morgan fingerprint density at radius 1 is 1.29 bits per heavy atom. The van der Waals surface area contributed by atoms with E-state index in [1.807, 2.05) is 6.92 Å². The third kappa shape index (κ3) is 2.80. The molecule has 2 heterocycles. The van der Waals surface area contributed by atoms with E-state index in [2.05, 4.69) is 0 Å². The van der Waals surface area contributed by atoms with Gasteiger partial charge in [-0.1, -0.05) is 11.6 Å². The van der Waals surface area contributed by atoms with Gasteiger partial charge >= 0.3 is 0 Å². The molecular formula is C18H23ClN2O3. The van der Waals surface area contributed by atoms with Crippen LogP contribution in [0.5, 0.6) is 0 Å². The molecular weight excluding hydrogens is 328 g/mol. The fourth-order valence-corrected chi connectivity index (χ4v) is 4.30. The molecule has 0 aromatic heterocycles. The second kappa shape index (κ2) is 6.73. The first-order valence-corrected chi connectivity index (χ1v) is 8.86. The van der Waals surface area contributed by atoms with Crippen LogP contribution in [-0.4, -0.2) is 58.5 Å². The molecule has 0 aliphatic carbocycles. The molecule has 24 heavy (non-hydrogen) atoms. The standard InChI is InChI=1S/C18H23ClN2O3/c1-13-12-14(19)4-5-15(13)16(23)21-9-3-7-18(21)6-2-8-20(10-11-22)17(18)24/h4-5,12,22H,2-3,6-11H2,1H3. The predicted molar refractivity (Wildman–Crippen MR) is 92.1 cm³/mol. The van der Waals surface area contributed by atoms with Crippen molar-refractivity contribution in [2.24, 2.45) is 0 Å². The van der Waals surface area contributed by atoms with E-state index in [4.69, 9.17) is 11.6 Å². The zero-order valence-electron chi connectivity index (χ0n) is 13.9. The molecule has 2 aliphatic heterocycles. The number of piperidine rings is 1. The molecule has 6 heteroatoms. The third-order valence-electron chi connectivity index (χ3n) is 5.23. The molecule has 2 aliphatic rings. The summed E-state index contributed by atoms with van der Waals surface area (Å²) in [6, 6.07) is 5.23. The lowest BCUT2D eigenvalue weighted by Gasteiger charge is -2.44. The Morgan fingerprint density at radius 3 is 2.67 bits per heavy atom. The summed E-state index contributed by atoms with van der Waals surface area (Å²) < 4.78 is 0.